The third-order valence-corrected chi connectivity index (χ3v) is 2.11. The lowest BCUT2D eigenvalue weighted by molar-refractivity contribution is 0.0813. The second-order valence-corrected chi connectivity index (χ2v) is 3.65. The van der Waals surface area contributed by atoms with Gasteiger partial charge in [-0.3, -0.25) is 0 Å². The summed E-state index contributed by atoms with van der Waals surface area (Å²) >= 11 is 0. The smallest absolute Gasteiger partial charge is 0.0718 e. The predicted molar refractivity (Wildman–Crippen MR) is 74.5 cm³/mol. The Labute approximate surface area is 111 Å². The van der Waals surface area contributed by atoms with Gasteiger partial charge in [0.1, 0.15) is 0 Å². The lowest BCUT2D eigenvalue weighted by Gasteiger charge is -2.06. The molecule has 104 valence electrons. The number of benzene rings is 1. The molecule has 1 rings (SSSR count). The van der Waals surface area contributed by atoms with E-state index in [0.717, 1.165) is 18.6 Å². The lowest BCUT2D eigenvalue weighted by Crippen LogP contribution is -2.00. The summed E-state index contributed by atoms with van der Waals surface area (Å²) in [6.45, 7) is 8.55. The Bertz CT molecular complexity index is 262. The van der Waals surface area contributed by atoms with E-state index in [1.165, 1.54) is 5.56 Å². The number of rotatable bonds is 8. The average Bonchev–Trinajstić information content (AvgIpc) is 2.42. The number of aliphatic hydroxyl groups is 1. The third-order valence-electron chi connectivity index (χ3n) is 2.11. The van der Waals surface area contributed by atoms with Crippen molar-refractivity contribution in [3.63, 3.8) is 0 Å². The Morgan fingerprint density at radius 1 is 1.00 bits per heavy atom. The standard InChI is InChI=1S/C13H20O3.C2H6/c1-2-7-15-10-12-4-3-5-13(9-12)11-16-8-6-14;1-2/h3-5,9,14H,2,6-8,10-11H2,1H3;1-2H3. The van der Waals surface area contributed by atoms with Crippen molar-refractivity contribution in [1.82, 2.24) is 0 Å². The average molecular weight is 254 g/mol. The van der Waals surface area contributed by atoms with Crippen LogP contribution in [0.15, 0.2) is 24.3 Å². The van der Waals surface area contributed by atoms with Gasteiger partial charge in [0.2, 0.25) is 0 Å². The molecule has 3 nitrogen and oxygen atoms in total. The topological polar surface area (TPSA) is 38.7 Å². The highest BCUT2D eigenvalue weighted by atomic mass is 16.5. The Balaban J connectivity index is 0.00000137. The SMILES string of the molecule is CC.CCCOCc1cccc(COCCO)c1. The van der Waals surface area contributed by atoms with Crippen molar-refractivity contribution in [1.29, 1.82) is 0 Å². The summed E-state index contributed by atoms with van der Waals surface area (Å²) in [5, 5.41) is 8.60. The fourth-order valence-electron chi connectivity index (χ4n) is 1.40. The van der Waals surface area contributed by atoms with Crippen LogP contribution in [0.4, 0.5) is 0 Å². The maximum atomic E-state index is 8.60. The van der Waals surface area contributed by atoms with Gasteiger partial charge in [-0.1, -0.05) is 45.0 Å². The fourth-order valence-corrected chi connectivity index (χ4v) is 1.40. The van der Waals surface area contributed by atoms with Crippen LogP contribution in [0.2, 0.25) is 0 Å². The van der Waals surface area contributed by atoms with E-state index in [1.807, 2.05) is 32.0 Å². The normalized spacial score (nSPS) is 9.78. The highest BCUT2D eigenvalue weighted by Crippen LogP contribution is 2.08. The summed E-state index contributed by atoms with van der Waals surface area (Å²) in [6.07, 6.45) is 1.04. The Kier molecular flexibility index (Phi) is 11.9. The van der Waals surface area contributed by atoms with Gasteiger partial charge in [0.25, 0.3) is 0 Å². The molecule has 3 heteroatoms. The zero-order chi connectivity index (χ0) is 13.6. The lowest BCUT2D eigenvalue weighted by atomic mass is 10.1. The monoisotopic (exact) mass is 254 g/mol. The summed E-state index contributed by atoms with van der Waals surface area (Å²) in [5.41, 5.74) is 2.28. The number of ether oxygens (including phenoxy) is 2. The molecule has 0 atom stereocenters. The first-order chi connectivity index (χ1) is 8.86. The molecule has 1 aromatic carbocycles. The van der Waals surface area contributed by atoms with Crippen LogP contribution >= 0.6 is 0 Å². The van der Waals surface area contributed by atoms with Gasteiger partial charge in [0, 0.05) is 6.61 Å². The molecular weight excluding hydrogens is 228 g/mol. The van der Waals surface area contributed by atoms with Crippen LogP contribution in [0, 0.1) is 0 Å². The molecule has 0 fully saturated rings. The van der Waals surface area contributed by atoms with E-state index in [2.05, 4.69) is 13.0 Å². The van der Waals surface area contributed by atoms with Gasteiger partial charge in [-0.05, 0) is 17.5 Å². The molecule has 1 aromatic rings. The number of aliphatic hydroxyl groups excluding tert-OH is 1. The summed E-state index contributed by atoms with van der Waals surface area (Å²) in [5.74, 6) is 0. The van der Waals surface area contributed by atoms with Crippen molar-refractivity contribution in [3.05, 3.63) is 35.4 Å². The maximum absolute atomic E-state index is 8.60. The van der Waals surface area contributed by atoms with Crippen LogP contribution in [0.1, 0.15) is 38.3 Å². The summed E-state index contributed by atoms with van der Waals surface area (Å²) in [6, 6.07) is 8.14. The molecule has 0 saturated heterocycles. The number of hydrogen-bond donors (Lipinski definition) is 1. The maximum Gasteiger partial charge on any atom is 0.0718 e. The molecule has 1 N–H and O–H groups in total. The quantitative estimate of drug-likeness (QED) is 0.724. The second kappa shape index (κ2) is 12.6. The number of hydrogen-bond acceptors (Lipinski definition) is 3. The van der Waals surface area contributed by atoms with E-state index in [-0.39, 0.29) is 6.61 Å². The van der Waals surface area contributed by atoms with Crippen molar-refractivity contribution in [3.8, 4) is 0 Å². The van der Waals surface area contributed by atoms with Crippen LogP contribution in [-0.4, -0.2) is 24.9 Å². The molecule has 0 aliphatic rings. The van der Waals surface area contributed by atoms with Gasteiger partial charge < -0.3 is 14.6 Å². The first-order valence-electron chi connectivity index (χ1n) is 6.71. The molecule has 0 aliphatic heterocycles. The molecule has 0 unspecified atom stereocenters. The predicted octanol–water partition coefficient (Wildman–Crippen LogP) is 3.15. The molecule has 0 radical (unpaired) electrons. The van der Waals surface area contributed by atoms with Gasteiger partial charge in [0.05, 0.1) is 26.4 Å². The largest absolute Gasteiger partial charge is 0.394 e. The molecule has 0 saturated carbocycles. The van der Waals surface area contributed by atoms with Gasteiger partial charge >= 0.3 is 0 Å². The van der Waals surface area contributed by atoms with E-state index in [4.69, 9.17) is 14.6 Å². The first-order valence-corrected chi connectivity index (χ1v) is 6.71. The van der Waals surface area contributed by atoms with Gasteiger partial charge in [-0.15, -0.1) is 0 Å². The van der Waals surface area contributed by atoms with E-state index < -0.39 is 0 Å². The second-order valence-electron chi connectivity index (χ2n) is 3.65. The van der Waals surface area contributed by atoms with Crippen LogP contribution in [0.5, 0.6) is 0 Å². The zero-order valence-electron chi connectivity index (χ0n) is 11.8. The van der Waals surface area contributed by atoms with E-state index in [9.17, 15) is 0 Å². The van der Waals surface area contributed by atoms with Crippen molar-refractivity contribution in [2.24, 2.45) is 0 Å². The van der Waals surface area contributed by atoms with Gasteiger partial charge in [-0.25, -0.2) is 0 Å². The molecule has 0 amide bonds. The molecule has 0 aromatic heterocycles. The molecule has 0 aliphatic carbocycles. The first kappa shape index (κ1) is 17.1. The highest BCUT2D eigenvalue weighted by Gasteiger charge is 1.97. The van der Waals surface area contributed by atoms with Gasteiger partial charge in [-0.2, -0.15) is 0 Å². The van der Waals surface area contributed by atoms with Crippen molar-refractivity contribution >= 4 is 0 Å². The summed E-state index contributed by atoms with van der Waals surface area (Å²) < 4.78 is 10.7. The summed E-state index contributed by atoms with van der Waals surface area (Å²) in [7, 11) is 0. The van der Waals surface area contributed by atoms with Crippen LogP contribution in [-0.2, 0) is 22.7 Å². The van der Waals surface area contributed by atoms with Crippen molar-refractivity contribution in [2.45, 2.75) is 40.4 Å². The summed E-state index contributed by atoms with van der Waals surface area (Å²) in [4.78, 5) is 0. The van der Waals surface area contributed by atoms with Crippen molar-refractivity contribution in [2.75, 3.05) is 19.8 Å². The molecule has 18 heavy (non-hydrogen) atoms. The van der Waals surface area contributed by atoms with E-state index >= 15 is 0 Å². The third kappa shape index (κ3) is 8.23. The van der Waals surface area contributed by atoms with Crippen LogP contribution in [0.3, 0.4) is 0 Å². The minimum absolute atomic E-state index is 0.0688. The Morgan fingerprint density at radius 2 is 1.56 bits per heavy atom. The Hall–Kier alpha value is -0.900. The molecule has 0 spiro atoms. The molecular formula is C15H26O3. The zero-order valence-corrected chi connectivity index (χ0v) is 11.8. The van der Waals surface area contributed by atoms with Gasteiger partial charge in [0.15, 0.2) is 0 Å². The molecule has 0 bridgehead atoms. The van der Waals surface area contributed by atoms with Crippen LogP contribution < -0.4 is 0 Å². The van der Waals surface area contributed by atoms with E-state index in [1.54, 1.807) is 0 Å². The molecule has 0 heterocycles. The van der Waals surface area contributed by atoms with E-state index in [0.29, 0.717) is 19.8 Å². The minimum Gasteiger partial charge on any atom is -0.394 e. The fraction of sp³-hybridized carbons (Fsp3) is 0.600. The Morgan fingerprint density at radius 3 is 2.06 bits per heavy atom. The highest BCUT2D eigenvalue weighted by molar-refractivity contribution is 5.22. The van der Waals surface area contributed by atoms with Crippen LogP contribution in [0.25, 0.3) is 0 Å². The van der Waals surface area contributed by atoms with Crippen molar-refractivity contribution < 1.29 is 14.6 Å². The minimum atomic E-state index is 0.0688.